The fraction of sp³-hybridized carbons (Fsp3) is 0.316. The van der Waals surface area contributed by atoms with Crippen LogP contribution in [0.15, 0.2) is 36.4 Å². The van der Waals surface area contributed by atoms with Crippen molar-refractivity contribution in [2.24, 2.45) is 0 Å². The number of benzene rings is 2. The number of methoxy groups -OCH3 is 1. The molecule has 0 bridgehead atoms. The molecule has 0 atom stereocenters. The molecule has 0 N–H and O–H groups in total. The summed E-state index contributed by atoms with van der Waals surface area (Å²) in [6.07, 6.45) is 0.573. The zero-order chi connectivity index (χ0) is 20.3. The van der Waals surface area contributed by atoms with E-state index in [1.54, 1.807) is 9.80 Å². The fourth-order valence-corrected chi connectivity index (χ4v) is 3.22. The van der Waals surface area contributed by atoms with Crippen LogP contribution in [0.1, 0.15) is 16.8 Å². The predicted octanol–water partition coefficient (Wildman–Crippen LogP) is 3.23. The van der Waals surface area contributed by atoms with E-state index in [9.17, 15) is 23.7 Å². The van der Waals surface area contributed by atoms with Gasteiger partial charge in [-0.15, -0.1) is 0 Å². The number of nitrogens with zero attached hydrogens (tertiary/aromatic N) is 3. The first kappa shape index (κ1) is 19.5. The van der Waals surface area contributed by atoms with Gasteiger partial charge in [0.25, 0.3) is 11.6 Å². The predicted molar refractivity (Wildman–Crippen MR) is 98.7 cm³/mol. The number of hydrogen-bond acceptors (Lipinski definition) is 5. The molecule has 7 nitrogen and oxygen atoms in total. The second-order valence-electron chi connectivity index (χ2n) is 6.37. The third-order valence-corrected chi connectivity index (χ3v) is 4.66. The van der Waals surface area contributed by atoms with E-state index in [1.165, 1.54) is 37.4 Å². The van der Waals surface area contributed by atoms with Crippen LogP contribution in [-0.2, 0) is 0 Å². The number of rotatable bonds is 4. The van der Waals surface area contributed by atoms with Crippen LogP contribution in [0, 0.1) is 21.7 Å². The lowest BCUT2D eigenvalue weighted by molar-refractivity contribution is -0.384. The standard InChI is InChI=1S/C19H19F2N3O4/c1-28-18-12-16(17(24(26)27)11-15(18)21)22-7-2-8-23(10-9-22)19(25)13-3-5-14(20)6-4-13/h3-6,11-12H,2,7-10H2,1H3. The van der Waals surface area contributed by atoms with E-state index in [0.29, 0.717) is 38.2 Å². The molecule has 0 aliphatic carbocycles. The number of carbonyl (C=O) groups excluding carboxylic acids is 1. The minimum Gasteiger partial charge on any atom is -0.494 e. The largest absolute Gasteiger partial charge is 0.494 e. The van der Waals surface area contributed by atoms with Crippen molar-refractivity contribution in [2.75, 3.05) is 38.2 Å². The Hall–Kier alpha value is -3.23. The highest BCUT2D eigenvalue weighted by Gasteiger charge is 2.26. The van der Waals surface area contributed by atoms with E-state index in [1.807, 2.05) is 0 Å². The van der Waals surface area contributed by atoms with Crippen molar-refractivity contribution >= 4 is 17.3 Å². The topological polar surface area (TPSA) is 75.9 Å². The Bertz CT molecular complexity index is 889. The molecule has 3 rings (SSSR count). The highest BCUT2D eigenvalue weighted by Crippen LogP contribution is 2.35. The van der Waals surface area contributed by atoms with Gasteiger partial charge in [-0.3, -0.25) is 14.9 Å². The number of ether oxygens (including phenoxy) is 1. The lowest BCUT2D eigenvalue weighted by Gasteiger charge is -2.24. The maximum absolute atomic E-state index is 13.9. The summed E-state index contributed by atoms with van der Waals surface area (Å²) in [5, 5.41) is 11.4. The van der Waals surface area contributed by atoms with Gasteiger partial charge in [-0.05, 0) is 30.7 Å². The zero-order valence-electron chi connectivity index (χ0n) is 15.2. The number of carbonyl (C=O) groups is 1. The molecule has 0 unspecified atom stereocenters. The molecule has 0 spiro atoms. The molecule has 0 aromatic heterocycles. The average molecular weight is 391 g/mol. The molecule has 28 heavy (non-hydrogen) atoms. The van der Waals surface area contributed by atoms with Crippen molar-refractivity contribution in [1.82, 2.24) is 4.90 Å². The smallest absolute Gasteiger partial charge is 0.295 e. The Kier molecular flexibility index (Phi) is 5.72. The highest BCUT2D eigenvalue weighted by molar-refractivity contribution is 5.94. The monoisotopic (exact) mass is 391 g/mol. The first-order valence-electron chi connectivity index (χ1n) is 8.72. The number of amides is 1. The average Bonchev–Trinajstić information content (AvgIpc) is 2.94. The van der Waals surface area contributed by atoms with Crippen LogP contribution >= 0.6 is 0 Å². The molecule has 1 fully saturated rings. The van der Waals surface area contributed by atoms with Gasteiger partial charge >= 0.3 is 0 Å². The Balaban J connectivity index is 1.81. The molecule has 2 aromatic carbocycles. The lowest BCUT2D eigenvalue weighted by atomic mass is 10.2. The van der Waals surface area contributed by atoms with Gasteiger partial charge in [0.2, 0.25) is 0 Å². The summed E-state index contributed by atoms with van der Waals surface area (Å²) < 4.78 is 31.9. The van der Waals surface area contributed by atoms with Crippen LogP contribution in [-0.4, -0.2) is 49.0 Å². The third-order valence-electron chi connectivity index (χ3n) is 4.66. The number of halogens is 2. The van der Waals surface area contributed by atoms with Crippen molar-refractivity contribution in [3.05, 3.63) is 63.7 Å². The summed E-state index contributed by atoms with van der Waals surface area (Å²) in [4.78, 5) is 26.7. The first-order chi connectivity index (χ1) is 13.4. The Morgan fingerprint density at radius 1 is 1.11 bits per heavy atom. The van der Waals surface area contributed by atoms with Crippen LogP contribution in [0.3, 0.4) is 0 Å². The molecule has 1 heterocycles. The minimum atomic E-state index is -0.805. The van der Waals surface area contributed by atoms with Crippen LogP contribution in [0.2, 0.25) is 0 Å². The van der Waals surface area contributed by atoms with Crippen molar-refractivity contribution in [1.29, 1.82) is 0 Å². The van der Waals surface area contributed by atoms with Crippen molar-refractivity contribution in [3.63, 3.8) is 0 Å². The Morgan fingerprint density at radius 3 is 2.46 bits per heavy atom. The highest BCUT2D eigenvalue weighted by atomic mass is 19.1. The quantitative estimate of drug-likeness (QED) is 0.591. The number of hydrogen-bond donors (Lipinski definition) is 0. The molecule has 1 amide bonds. The maximum Gasteiger partial charge on any atom is 0.295 e. The first-order valence-corrected chi connectivity index (χ1v) is 8.72. The molecule has 0 radical (unpaired) electrons. The third kappa shape index (κ3) is 4.03. The van der Waals surface area contributed by atoms with Gasteiger partial charge in [0.15, 0.2) is 11.6 Å². The molecule has 1 saturated heterocycles. The molecular weight excluding hydrogens is 372 g/mol. The van der Waals surface area contributed by atoms with E-state index < -0.39 is 16.6 Å². The van der Waals surface area contributed by atoms with Crippen LogP contribution in [0.4, 0.5) is 20.2 Å². The Labute approximate surface area is 160 Å². The van der Waals surface area contributed by atoms with Gasteiger partial charge in [-0.1, -0.05) is 0 Å². The van der Waals surface area contributed by atoms with E-state index in [4.69, 9.17) is 4.74 Å². The van der Waals surface area contributed by atoms with Crippen molar-refractivity contribution < 1.29 is 23.2 Å². The van der Waals surface area contributed by atoms with Gasteiger partial charge in [0.05, 0.1) is 18.1 Å². The van der Waals surface area contributed by atoms with Gasteiger partial charge in [-0.2, -0.15) is 0 Å². The van der Waals surface area contributed by atoms with E-state index >= 15 is 0 Å². The Morgan fingerprint density at radius 2 is 1.82 bits per heavy atom. The lowest BCUT2D eigenvalue weighted by Crippen LogP contribution is -2.35. The van der Waals surface area contributed by atoms with Gasteiger partial charge in [-0.25, -0.2) is 8.78 Å². The SMILES string of the molecule is COc1cc(N2CCCN(C(=O)c3ccc(F)cc3)CC2)c([N+](=O)[O-])cc1F. The molecule has 2 aromatic rings. The number of anilines is 1. The maximum atomic E-state index is 13.9. The summed E-state index contributed by atoms with van der Waals surface area (Å²) in [5.41, 5.74) is 0.278. The number of nitro groups is 1. The second kappa shape index (κ2) is 8.20. The van der Waals surface area contributed by atoms with E-state index in [0.717, 1.165) is 6.07 Å². The summed E-state index contributed by atoms with van der Waals surface area (Å²) in [6.45, 7) is 1.58. The van der Waals surface area contributed by atoms with E-state index in [2.05, 4.69) is 0 Å². The fourth-order valence-electron chi connectivity index (χ4n) is 3.22. The van der Waals surface area contributed by atoms with Gasteiger partial charge in [0.1, 0.15) is 11.5 Å². The summed E-state index contributed by atoms with van der Waals surface area (Å²) in [7, 11) is 1.29. The minimum absolute atomic E-state index is 0.0795. The van der Waals surface area contributed by atoms with Crippen molar-refractivity contribution in [3.8, 4) is 5.75 Å². The molecule has 0 saturated carbocycles. The summed E-state index contributed by atoms with van der Waals surface area (Å²) in [5.74, 6) is -1.53. The van der Waals surface area contributed by atoms with Crippen molar-refractivity contribution in [2.45, 2.75) is 6.42 Å². The van der Waals surface area contributed by atoms with Gasteiger partial charge < -0.3 is 14.5 Å². The summed E-state index contributed by atoms with van der Waals surface area (Å²) >= 11 is 0. The molecule has 1 aliphatic heterocycles. The van der Waals surface area contributed by atoms with Crippen LogP contribution in [0.5, 0.6) is 5.75 Å². The molecule has 148 valence electrons. The summed E-state index contributed by atoms with van der Waals surface area (Å²) in [6, 6.07) is 7.47. The normalized spacial score (nSPS) is 14.5. The molecular formula is C19H19F2N3O4. The molecule has 9 heteroatoms. The van der Waals surface area contributed by atoms with Crippen LogP contribution < -0.4 is 9.64 Å². The van der Waals surface area contributed by atoms with E-state index in [-0.39, 0.29) is 23.0 Å². The zero-order valence-corrected chi connectivity index (χ0v) is 15.2. The number of nitro benzene ring substituents is 1. The second-order valence-corrected chi connectivity index (χ2v) is 6.37. The van der Waals surface area contributed by atoms with Crippen LogP contribution in [0.25, 0.3) is 0 Å². The van der Waals surface area contributed by atoms with Gasteiger partial charge in [0, 0.05) is 37.8 Å². The molecule has 1 aliphatic rings.